The topological polar surface area (TPSA) is 9.23 Å². The molecule has 3 aliphatic carbocycles. The first-order chi connectivity index (χ1) is 10.7. The molecule has 0 radical (unpaired) electrons. The monoisotopic (exact) mass is 296 g/mol. The Morgan fingerprint density at radius 3 is 2.82 bits per heavy atom. The third kappa shape index (κ3) is 1.90. The van der Waals surface area contributed by atoms with E-state index >= 15 is 0 Å². The molecule has 0 aromatic heterocycles. The van der Waals surface area contributed by atoms with Crippen molar-refractivity contribution >= 4 is 0 Å². The van der Waals surface area contributed by atoms with Gasteiger partial charge in [0.15, 0.2) is 0 Å². The van der Waals surface area contributed by atoms with Gasteiger partial charge in [0, 0.05) is 0 Å². The quantitative estimate of drug-likeness (QED) is 0.622. The number of allylic oxidation sites excluding steroid dienone is 2. The van der Waals surface area contributed by atoms with Crippen molar-refractivity contribution in [2.24, 2.45) is 17.3 Å². The predicted molar refractivity (Wildman–Crippen MR) is 91.4 cm³/mol. The van der Waals surface area contributed by atoms with Crippen molar-refractivity contribution in [1.29, 1.82) is 0 Å². The molecule has 4 rings (SSSR count). The second kappa shape index (κ2) is 5.15. The molecule has 0 saturated heterocycles. The number of benzene rings is 1. The van der Waals surface area contributed by atoms with Crippen LogP contribution in [0.4, 0.5) is 0 Å². The van der Waals surface area contributed by atoms with E-state index in [4.69, 9.17) is 4.74 Å². The first kappa shape index (κ1) is 14.4. The van der Waals surface area contributed by atoms with E-state index < -0.39 is 0 Å². The predicted octanol–water partition coefficient (Wildman–Crippen LogP) is 5.50. The van der Waals surface area contributed by atoms with Gasteiger partial charge in [-0.25, -0.2) is 0 Å². The summed E-state index contributed by atoms with van der Waals surface area (Å²) in [6.07, 6.45) is 10.5. The second-order valence-corrected chi connectivity index (χ2v) is 7.79. The molecular formula is C21H28O. The summed E-state index contributed by atoms with van der Waals surface area (Å²) >= 11 is 0. The highest BCUT2D eigenvalue weighted by molar-refractivity contribution is 5.41. The molecule has 1 nitrogen and oxygen atoms in total. The number of hydrogen-bond donors (Lipinski definition) is 0. The van der Waals surface area contributed by atoms with Crippen LogP contribution >= 0.6 is 0 Å². The average Bonchev–Trinajstić information content (AvgIpc) is 2.90. The lowest BCUT2D eigenvalue weighted by Gasteiger charge is -2.49. The van der Waals surface area contributed by atoms with E-state index in [-0.39, 0.29) is 0 Å². The Morgan fingerprint density at radius 1 is 1.18 bits per heavy atom. The van der Waals surface area contributed by atoms with Crippen LogP contribution in [0.3, 0.4) is 0 Å². The molecule has 22 heavy (non-hydrogen) atoms. The second-order valence-electron chi connectivity index (χ2n) is 7.79. The van der Waals surface area contributed by atoms with Crippen molar-refractivity contribution in [2.45, 2.75) is 58.3 Å². The molecule has 1 aromatic rings. The van der Waals surface area contributed by atoms with Gasteiger partial charge < -0.3 is 4.74 Å². The minimum absolute atomic E-state index is 0.500. The highest BCUT2D eigenvalue weighted by Gasteiger charge is 2.52. The van der Waals surface area contributed by atoms with E-state index in [0.29, 0.717) is 5.41 Å². The lowest BCUT2D eigenvalue weighted by molar-refractivity contribution is 0.0813. The molecule has 0 amide bonds. The molecule has 0 spiro atoms. The van der Waals surface area contributed by atoms with Crippen molar-refractivity contribution in [3.05, 3.63) is 41.0 Å². The van der Waals surface area contributed by atoms with Gasteiger partial charge in [0.2, 0.25) is 0 Å². The Labute approximate surface area is 134 Å². The molecule has 0 aliphatic heterocycles. The zero-order valence-electron chi connectivity index (χ0n) is 14.2. The fourth-order valence-electron chi connectivity index (χ4n) is 6.01. The van der Waals surface area contributed by atoms with E-state index in [0.717, 1.165) is 23.5 Å². The number of fused-ring (bicyclic) bond motifs is 5. The minimum Gasteiger partial charge on any atom is -0.497 e. The van der Waals surface area contributed by atoms with Crippen molar-refractivity contribution in [2.75, 3.05) is 7.11 Å². The van der Waals surface area contributed by atoms with Crippen LogP contribution in [0.1, 0.15) is 63.0 Å². The van der Waals surface area contributed by atoms with Gasteiger partial charge in [-0.05, 0) is 91.9 Å². The smallest absolute Gasteiger partial charge is 0.119 e. The summed E-state index contributed by atoms with van der Waals surface area (Å²) in [4.78, 5) is 0. The van der Waals surface area contributed by atoms with Crippen molar-refractivity contribution < 1.29 is 4.74 Å². The molecule has 0 unspecified atom stereocenters. The largest absolute Gasteiger partial charge is 0.497 e. The minimum atomic E-state index is 0.500. The maximum Gasteiger partial charge on any atom is 0.119 e. The fraction of sp³-hybridized carbons (Fsp3) is 0.619. The Kier molecular flexibility index (Phi) is 3.36. The zero-order chi connectivity index (χ0) is 15.3. The molecule has 1 aromatic carbocycles. The van der Waals surface area contributed by atoms with Gasteiger partial charge >= 0.3 is 0 Å². The molecule has 4 atom stereocenters. The van der Waals surface area contributed by atoms with Crippen LogP contribution in [0.5, 0.6) is 5.75 Å². The Balaban J connectivity index is 1.69. The summed E-state index contributed by atoms with van der Waals surface area (Å²) < 4.78 is 5.42. The molecule has 0 heterocycles. The van der Waals surface area contributed by atoms with Crippen LogP contribution < -0.4 is 4.74 Å². The van der Waals surface area contributed by atoms with Gasteiger partial charge in [-0.3, -0.25) is 0 Å². The normalized spacial score (nSPS) is 38.3. The van der Waals surface area contributed by atoms with Crippen LogP contribution in [0.15, 0.2) is 29.8 Å². The maximum absolute atomic E-state index is 5.42. The third-order valence-electron chi connectivity index (χ3n) is 7.13. The van der Waals surface area contributed by atoms with E-state index in [1.54, 1.807) is 23.8 Å². The summed E-state index contributed by atoms with van der Waals surface area (Å²) in [5.41, 5.74) is 5.43. The van der Waals surface area contributed by atoms with E-state index in [2.05, 4.69) is 38.1 Å². The van der Waals surface area contributed by atoms with Gasteiger partial charge in [0.25, 0.3) is 0 Å². The zero-order valence-corrected chi connectivity index (χ0v) is 14.2. The molecule has 118 valence electrons. The Hall–Kier alpha value is -1.24. The first-order valence-corrected chi connectivity index (χ1v) is 9.00. The van der Waals surface area contributed by atoms with Gasteiger partial charge in [-0.1, -0.05) is 24.6 Å². The SMILES string of the molecule is C/C=C1\CC[C@H]2[C@@H]3CCc4cc(OC)ccc4[C@H]3CC[C@]12C. The molecule has 0 N–H and O–H groups in total. The lowest BCUT2D eigenvalue weighted by atomic mass is 9.55. The highest BCUT2D eigenvalue weighted by atomic mass is 16.5. The van der Waals surface area contributed by atoms with Gasteiger partial charge in [-0.2, -0.15) is 0 Å². The van der Waals surface area contributed by atoms with E-state index in [9.17, 15) is 0 Å². The molecule has 0 bridgehead atoms. The number of rotatable bonds is 1. The molecule has 3 aliphatic rings. The van der Waals surface area contributed by atoms with E-state index in [1.165, 1.54) is 38.5 Å². The van der Waals surface area contributed by atoms with Crippen LogP contribution in [0, 0.1) is 17.3 Å². The number of hydrogen-bond acceptors (Lipinski definition) is 1. The summed E-state index contributed by atoms with van der Waals surface area (Å²) in [6, 6.07) is 6.81. The molecular weight excluding hydrogens is 268 g/mol. The Morgan fingerprint density at radius 2 is 2.05 bits per heavy atom. The molecule has 2 fully saturated rings. The summed E-state index contributed by atoms with van der Waals surface area (Å²) in [7, 11) is 1.77. The lowest BCUT2D eigenvalue weighted by Crippen LogP contribution is -2.40. The standard InChI is InChI=1S/C21H28O/c1-4-15-6-10-20-19-8-5-14-13-16(22-3)7-9-17(14)18(19)11-12-21(15,20)2/h4,7,9,13,18-20H,5-6,8,10-12H2,1-3H3/b15-4+/t18-,19-,20+,21-/m1/s1. The highest BCUT2D eigenvalue weighted by Crippen LogP contribution is 2.62. The first-order valence-electron chi connectivity index (χ1n) is 9.00. The summed E-state index contributed by atoms with van der Waals surface area (Å²) in [6.45, 7) is 4.80. The van der Waals surface area contributed by atoms with Crippen molar-refractivity contribution in [3.8, 4) is 5.75 Å². The van der Waals surface area contributed by atoms with Crippen LogP contribution in [-0.2, 0) is 6.42 Å². The van der Waals surface area contributed by atoms with Crippen molar-refractivity contribution in [1.82, 2.24) is 0 Å². The van der Waals surface area contributed by atoms with E-state index in [1.807, 2.05) is 0 Å². The van der Waals surface area contributed by atoms with Gasteiger partial charge in [0.05, 0.1) is 7.11 Å². The molecule has 1 heteroatoms. The van der Waals surface area contributed by atoms with Crippen LogP contribution in [-0.4, -0.2) is 7.11 Å². The summed E-state index contributed by atoms with van der Waals surface area (Å²) in [5, 5.41) is 0. The maximum atomic E-state index is 5.42. The van der Waals surface area contributed by atoms with Gasteiger partial charge in [-0.15, -0.1) is 0 Å². The van der Waals surface area contributed by atoms with Crippen molar-refractivity contribution in [3.63, 3.8) is 0 Å². The summed E-state index contributed by atoms with van der Waals surface area (Å²) in [5.74, 6) is 3.63. The van der Waals surface area contributed by atoms with Gasteiger partial charge in [0.1, 0.15) is 5.75 Å². The Bertz CT molecular complexity index is 614. The van der Waals surface area contributed by atoms with Crippen LogP contribution in [0.2, 0.25) is 0 Å². The van der Waals surface area contributed by atoms with Crippen LogP contribution in [0.25, 0.3) is 0 Å². The fourth-order valence-corrected chi connectivity index (χ4v) is 6.01. The average molecular weight is 296 g/mol. The number of ether oxygens (including phenoxy) is 1. The number of methoxy groups -OCH3 is 1. The molecule has 2 saturated carbocycles. The third-order valence-corrected chi connectivity index (χ3v) is 7.13. The number of aryl methyl sites for hydroxylation is 1.